The van der Waals surface area contributed by atoms with Gasteiger partial charge < -0.3 is 10.1 Å². The number of halogens is 1. The quantitative estimate of drug-likeness (QED) is 0.514. The summed E-state index contributed by atoms with van der Waals surface area (Å²) in [5.74, 6) is 0.408. The zero-order valence-corrected chi connectivity index (χ0v) is 20.4. The normalized spacial score (nSPS) is 16.1. The molecule has 0 aromatic heterocycles. The summed E-state index contributed by atoms with van der Waals surface area (Å²) in [5.41, 5.74) is 1.92. The lowest BCUT2D eigenvalue weighted by Crippen LogP contribution is -2.43. The zero-order valence-electron chi connectivity index (χ0n) is 18.9. The Bertz CT molecular complexity index is 1210. The van der Waals surface area contributed by atoms with Gasteiger partial charge in [-0.15, -0.1) is 0 Å². The van der Waals surface area contributed by atoms with E-state index >= 15 is 0 Å². The fourth-order valence-corrected chi connectivity index (χ4v) is 5.77. The lowest BCUT2D eigenvalue weighted by Gasteiger charge is -2.31. The Morgan fingerprint density at radius 2 is 1.53 bits per heavy atom. The third kappa shape index (κ3) is 5.43. The minimum absolute atomic E-state index is 0.0757. The minimum Gasteiger partial charge on any atom is -0.497 e. The Labute approximate surface area is 205 Å². The molecule has 0 aliphatic carbocycles. The maximum atomic E-state index is 13.2. The number of carbonyl (C=O) groups excluding carboxylic acids is 1. The van der Waals surface area contributed by atoms with Crippen LogP contribution in [0.2, 0.25) is 5.02 Å². The van der Waals surface area contributed by atoms with Gasteiger partial charge >= 0.3 is 0 Å². The summed E-state index contributed by atoms with van der Waals surface area (Å²) in [5, 5.41) is 3.67. The zero-order chi connectivity index (χ0) is 24.1. The number of amides is 1. The molecule has 178 valence electrons. The predicted molar refractivity (Wildman–Crippen MR) is 132 cm³/mol. The molecular formula is C26H27ClN2O4S. The van der Waals surface area contributed by atoms with Crippen LogP contribution in [0.1, 0.15) is 30.0 Å². The second-order valence-corrected chi connectivity index (χ2v) is 10.6. The second kappa shape index (κ2) is 10.6. The molecule has 1 aliphatic heterocycles. The molecule has 3 aromatic carbocycles. The Kier molecular flexibility index (Phi) is 7.56. The van der Waals surface area contributed by atoms with Crippen molar-refractivity contribution in [1.29, 1.82) is 0 Å². The molecule has 0 spiro atoms. The molecule has 1 unspecified atom stereocenters. The highest BCUT2D eigenvalue weighted by Gasteiger charge is 2.33. The Hall–Kier alpha value is -2.87. The van der Waals surface area contributed by atoms with Gasteiger partial charge in [-0.3, -0.25) is 4.79 Å². The number of methoxy groups -OCH3 is 1. The minimum atomic E-state index is -3.61. The number of rotatable bonds is 7. The van der Waals surface area contributed by atoms with E-state index in [-0.39, 0.29) is 22.8 Å². The van der Waals surface area contributed by atoms with E-state index in [1.165, 1.54) is 16.4 Å². The third-order valence-electron chi connectivity index (χ3n) is 6.14. The third-order valence-corrected chi connectivity index (χ3v) is 8.31. The number of hydrogen-bond acceptors (Lipinski definition) is 4. The van der Waals surface area contributed by atoms with E-state index in [4.69, 9.17) is 16.3 Å². The molecule has 6 nitrogen and oxygen atoms in total. The van der Waals surface area contributed by atoms with Crippen LogP contribution in [0.3, 0.4) is 0 Å². The van der Waals surface area contributed by atoms with Crippen molar-refractivity contribution in [2.24, 2.45) is 5.92 Å². The molecule has 34 heavy (non-hydrogen) atoms. The molecule has 0 saturated carbocycles. The van der Waals surface area contributed by atoms with Crippen molar-refractivity contribution in [3.8, 4) is 5.75 Å². The standard InChI is InChI=1S/C26H27ClN2O4S/c1-33-23-11-7-20(8-12-23)25(19-5-3-2-4-6-19)28-26(30)21-15-17-29(18-16-21)34(31,32)24-13-9-22(27)10-14-24/h2-14,21,25H,15-18H2,1H3,(H,28,30). The van der Waals surface area contributed by atoms with E-state index in [0.717, 1.165) is 16.9 Å². The number of hydrogen-bond donors (Lipinski definition) is 1. The number of nitrogens with one attached hydrogen (secondary N) is 1. The van der Waals surface area contributed by atoms with E-state index in [1.54, 1.807) is 19.2 Å². The SMILES string of the molecule is COc1ccc(C(NC(=O)C2CCN(S(=O)(=O)c3ccc(Cl)cc3)CC2)c2ccccc2)cc1. The highest BCUT2D eigenvalue weighted by molar-refractivity contribution is 7.89. The van der Waals surface area contributed by atoms with Crippen molar-refractivity contribution >= 4 is 27.5 Å². The summed E-state index contributed by atoms with van der Waals surface area (Å²) in [6, 6.07) is 23.3. The van der Waals surface area contributed by atoms with Gasteiger partial charge in [-0.1, -0.05) is 54.1 Å². The Morgan fingerprint density at radius 3 is 2.12 bits per heavy atom. The summed E-state index contributed by atoms with van der Waals surface area (Å²) >= 11 is 5.89. The molecule has 1 saturated heterocycles. The lowest BCUT2D eigenvalue weighted by molar-refractivity contribution is -0.126. The van der Waals surface area contributed by atoms with Crippen molar-refractivity contribution in [1.82, 2.24) is 9.62 Å². The Morgan fingerprint density at radius 1 is 0.941 bits per heavy atom. The highest BCUT2D eigenvalue weighted by Crippen LogP contribution is 2.28. The van der Waals surface area contributed by atoms with Crippen molar-refractivity contribution < 1.29 is 17.9 Å². The first-order valence-electron chi connectivity index (χ1n) is 11.1. The van der Waals surface area contributed by atoms with Crippen LogP contribution in [0, 0.1) is 5.92 Å². The van der Waals surface area contributed by atoms with Gasteiger partial charge in [-0.25, -0.2) is 8.42 Å². The Balaban J connectivity index is 1.45. The average Bonchev–Trinajstić information content (AvgIpc) is 2.88. The number of benzene rings is 3. The van der Waals surface area contributed by atoms with E-state index in [0.29, 0.717) is 31.0 Å². The number of nitrogens with zero attached hydrogens (tertiary/aromatic N) is 1. The largest absolute Gasteiger partial charge is 0.497 e. The number of carbonyl (C=O) groups is 1. The molecule has 1 atom stereocenters. The van der Waals surface area contributed by atoms with Crippen LogP contribution >= 0.6 is 11.6 Å². The van der Waals surface area contributed by atoms with Crippen molar-refractivity contribution in [2.75, 3.05) is 20.2 Å². The molecule has 4 rings (SSSR count). The smallest absolute Gasteiger partial charge is 0.243 e. The molecule has 8 heteroatoms. The first-order valence-corrected chi connectivity index (χ1v) is 13.0. The van der Waals surface area contributed by atoms with Crippen molar-refractivity contribution in [2.45, 2.75) is 23.8 Å². The maximum absolute atomic E-state index is 13.2. The van der Waals surface area contributed by atoms with E-state index in [9.17, 15) is 13.2 Å². The number of sulfonamides is 1. The van der Waals surface area contributed by atoms with E-state index in [2.05, 4.69) is 5.32 Å². The number of ether oxygens (including phenoxy) is 1. The molecule has 1 aliphatic rings. The maximum Gasteiger partial charge on any atom is 0.243 e. The van der Waals surface area contributed by atoms with Gasteiger partial charge in [0.1, 0.15) is 5.75 Å². The average molecular weight is 499 g/mol. The van der Waals surface area contributed by atoms with E-state index < -0.39 is 10.0 Å². The summed E-state index contributed by atoms with van der Waals surface area (Å²) < 4.78 is 32.6. The highest BCUT2D eigenvalue weighted by atomic mass is 35.5. The molecule has 0 radical (unpaired) electrons. The molecule has 3 aromatic rings. The van der Waals surface area contributed by atoms with Gasteiger partial charge in [-0.2, -0.15) is 4.31 Å². The van der Waals surface area contributed by atoms with Gasteiger partial charge in [0.2, 0.25) is 15.9 Å². The second-order valence-electron chi connectivity index (χ2n) is 8.26. The van der Waals surface area contributed by atoms with Crippen LogP contribution in [0.15, 0.2) is 83.8 Å². The van der Waals surface area contributed by atoms with Gasteiger partial charge in [0.05, 0.1) is 18.0 Å². The lowest BCUT2D eigenvalue weighted by atomic mass is 9.94. The first kappa shape index (κ1) is 24.3. The molecule has 1 amide bonds. The fraction of sp³-hybridized carbons (Fsp3) is 0.269. The van der Waals surface area contributed by atoms with E-state index in [1.807, 2.05) is 54.6 Å². The van der Waals surface area contributed by atoms with Crippen molar-refractivity contribution in [3.63, 3.8) is 0 Å². The molecule has 0 bridgehead atoms. The molecule has 1 heterocycles. The summed E-state index contributed by atoms with van der Waals surface area (Å²) in [7, 11) is -2.00. The summed E-state index contributed by atoms with van der Waals surface area (Å²) in [4.78, 5) is 13.4. The van der Waals surface area contributed by atoms with Crippen LogP contribution in [0.5, 0.6) is 5.75 Å². The van der Waals surface area contributed by atoms with Gasteiger partial charge in [0, 0.05) is 24.0 Å². The summed E-state index contributed by atoms with van der Waals surface area (Å²) in [6.07, 6.45) is 0.922. The topological polar surface area (TPSA) is 75.7 Å². The monoisotopic (exact) mass is 498 g/mol. The van der Waals surface area contributed by atoms with Crippen LogP contribution in [0.25, 0.3) is 0 Å². The summed E-state index contributed by atoms with van der Waals surface area (Å²) in [6.45, 7) is 0.586. The van der Waals surface area contributed by atoms with Gasteiger partial charge in [0.15, 0.2) is 0 Å². The van der Waals surface area contributed by atoms with Crippen LogP contribution < -0.4 is 10.1 Å². The van der Waals surface area contributed by atoms with Crippen molar-refractivity contribution in [3.05, 3.63) is 95.0 Å². The fourth-order valence-electron chi connectivity index (χ4n) is 4.18. The molecule has 1 fully saturated rings. The van der Waals surface area contributed by atoms with Crippen LogP contribution in [-0.2, 0) is 14.8 Å². The molecular weight excluding hydrogens is 472 g/mol. The first-order chi connectivity index (χ1) is 16.4. The number of piperidine rings is 1. The van der Waals surface area contributed by atoms with Crippen LogP contribution in [0.4, 0.5) is 0 Å². The van der Waals surface area contributed by atoms with Gasteiger partial charge in [0.25, 0.3) is 0 Å². The van der Waals surface area contributed by atoms with Gasteiger partial charge in [-0.05, 0) is 60.4 Å². The predicted octanol–water partition coefficient (Wildman–Crippen LogP) is 4.66. The van der Waals surface area contributed by atoms with Crippen LogP contribution in [-0.4, -0.2) is 38.8 Å². The molecule has 1 N–H and O–H groups in total.